The van der Waals surface area contributed by atoms with Gasteiger partial charge in [0, 0.05) is 17.6 Å². The van der Waals surface area contributed by atoms with E-state index in [1.54, 1.807) is 13.8 Å². The number of ether oxygens (including phenoxy) is 1. The second-order valence-electron chi connectivity index (χ2n) is 5.78. The van der Waals surface area contributed by atoms with Crippen LogP contribution in [0.4, 0.5) is 13.2 Å². The summed E-state index contributed by atoms with van der Waals surface area (Å²) in [4.78, 5) is 39.7. The van der Waals surface area contributed by atoms with Crippen LogP contribution < -0.4 is 5.56 Å². The van der Waals surface area contributed by atoms with Gasteiger partial charge in [0.25, 0.3) is 5.56 Å². The van der Waals surface area contributed by atoms with Gasteiger partial charge in [-0.25, -0.2) is 4.79 Å². The number of nitrogens with one attached hydrogen (secondary N) is 1. The number of rotatable bonds is 5. The molecule has 1 N–H and O–H groups in total. The lowest BCUT2D eigenvalue weighted by Gasteiger charge is -2.12. The van der Waals surface area contributed by atoms with Crippen molar-refractivity contribution in [3.05, 3.63) is 55.7 Å². The molecule has 0 aliphatic carbocycles. The first kappa shape index (κ1) is 20.8. The van der Waals surface area contributed by atoms with Gasteiger partial charge < -0.3 is 14.3 Å². The van der Waals surface area contributed by atoms with Crippen LogP contribution >= 0.6 is 11.6 Å². The van der Waals surface area contributed by atoms with Crippen molar-refractivity contribution < 1.29 is 27.5 Å². The molecular weight excluding hydrogens is 389 g/mol. The van der Waals surface area contributed by atoms with Crippen LogP contribution in [-0.4, -0.2) is 27.9 Å². The molecule has 0 fully saturated rings. The Balaban J connectivity index is 2.49. The summed E-state index contributed by atoms with van der Waals surface area (Å²) in [5.74, 6) is -1.46. The van der Waals surface area contributed by atoms with Crippen LogP contribution in [0.2, 0.25) is 5.02 Å². The molecule has 0 amide bonds. The summed E-state index contributed by atoms with van der Waals surface area (Å²) < 4.78 is 44.3. The first-order chi connectivity index (χ1) is 12.5. The number of aromatic nitrogens is 2. The summed E-state index contributed by atoms with van der Waals surface area (Å²) >= 11 is 5.59. The summed E-state index contributed by atoms with van der Waals surface area (Å²) in [5, 5.41) is -0.662. The average Bonchev–Trinajstić information content (AvgIpc) is 2.85. The molecule has 10 heteroatoms. The van der Waals surface area contributed by atoms with Gasteiger partial charge in [0.1, 0.15) is 5.02 Å². The summed E-state index contributed by atoms with van der Waals surface area (Å²) in [6.45, 7) is 4.05. The molecule has 0 bridgehead atoms. The largest absolute Gasteiger partial charge is 0.462 e. The number of ketones is 1. The zero-order valence-electron chi connectivity index (χ0n) is 14.7. The van der Waals surface area contributed by atoms with Crippen molar-refractivity contribution in [2.24, 2.45) is 0 Å². The van der Waals surface area contributed by atoms with Gasteiger partial charge in [0.2, 0.25) is 0 Å². The number of aryl methyl sites for hydroxylation is 2. The van der Waals surface area contributed by atoms with Crippen LogP contribution in [0, 0.1) is 13.8 Å². The molecule has 0 aromatic carbocycles. The molecule has 27 heavy (non-hydrogen) atoms. The highest BCUT2D eigenvalue weighted by Crippen LogP contribution is 2.30. The number of esters is 1. The lowest BCUT2D eigenvalue weighted by atomic mass is 10.0. The lowest BCUT2D eigenvalue weighted by Crippen LogP contribution is -2.27. The van der Waals surface area contributed by atoms with Crippen LogP contribution in [-0.2, 0) is 17.5 Å². The molecule has 2 heterocycles. The van der Waals surface area contributed by atoms with Crippen molar-refractivity contribution in [1.82, 2.24) is 9.55 Å². The van der Waals surface area contributed by atoms with Gasteiger partial charge in [-0.05, 0) is 26.8 Å². The Morgan fingerprint density at radius 2 is 1.81 bits per heavy atom. The van der Waals surface area contributed by atoms with E-state index in [-0.39, 0.29) is 17.7 Å². The minimum Gasteiger partial charge on any atom is -0.462 e. The van der Waals surface area contributed by atoms with E-state index in [0.717, 1.165) is 0 Å². The lowest BCUT2D eigenvalue weighted by molar-refractivity contribution is -0.138. The van der Waals surface area contributed by atoms with Gasteiger partial charge in [-0.1, -0.05) is 11.6 Å². The molecule has 2 rings (SSSR count). The standard InChI is InChI=1S/C17H16ClF3N2O4/c1-4-27-16(26)14-9(3)22-8(2)13(14)12(24)7-23-6-10(17(19,20)21)5-11(18)15(23)25/h5-6,22H,4,7H2,1-3H3. The molecule has 6 nitrogen and oxygen atoms in total. The number of H-pyrrole nitrogens is 1. The molecule has 0 aliphatic heterocycles. The van der Waals surface area contributed by atoms with Crippen molar-refractivity contribution in [3.63, 3.8) is 0 Å². The fourth-order valence-corrected chi connectivity index (χ4v) is 2.92. The maximum absolute atomic E-state index is 12.9. The number of alkyl halides is 3. The molecule has 0 radical (unpaired) electrons. The highest BCUT2D eigenvalue weighted by molar-refractivity contribution is 6.30. The molecule has 0 saturated heterocycles. The molecule has 0 spiro atoms. The number of carbonyl (C=O) groups is 2. The molecular formula is C17H16ClF3N2O4. The smallest absolute Gasteiger partial charge is 0.417 e. The Morgan fingerprint density at radius 3 is 2.37 bits per heavy atom. The topological polar surface area (TPSA) is 81.2 Å². The van der Waals surface area contributed by atoms with Crippen molar-refractivity contribution in [1.29, 1.82) is 0 Å². The highest BCUT2D eigenvalue weighted by atomic mass is 35.5. The third-order valence-electron chi connectivity index (χ3n) is 3.82. The van der Waals surface area contributed by atoms with Crippen LogP contribution in [0.1, 0.15) is 44.6 Å². The maximum atomic E-state index is 12.9. The highest BCUT2D eigenvalue weighted by Gasteiger charge is 2.32. The van der Waals surface area contributed by atoms with Crippen LogP contribution in [0.25, 0.3) is 0 Å². The Kier molecular flexibility index (Phi) is 5.84. The number of hydrogen-bond acceptors (Lipinski definition) is 4. The third-order valence-corrected chi connectivity index (χ3v) is 4.09. The van der Waals surface area contributed by atoms with E-state index >= 15 is 0 Å². The second-order valence-corrected chi connectivity index (χ2v) is 6.18. The van der Waals surface area contributed by atoms with Crippen LogP contribution in [0.15, 0.2) is 17.1 Å². The van der Waals surface area contributed by atoms with Gasteiger partial charge in [0.15, 0.2) is 5.78 Å². The Bertz CT molecular complexity index is 960. The van der Waals surface area contributed by atoms with Crippen LogP contribution in [0.5, 0.6) is 0 Å². The van der Waals surface area contributed by atoms with E-state index in [1.165, 1.54) is 6.92 Å². The number of hydrogen-bond donors (Lipinski definition) is 1. The van der Waals surface area contributed by atoms with E-state index in [4.69, 9.17) is 16.3 Å². The van der Waals surface area contributed by atoms with E-state index < -0.39 is 40.6 Å². The number of halogens is 4. The van der Waals surface area contributed by atoms with Crippen molar-refractivity contribution in [3.8, 4) is 0 Å². The van der Waals surface area contributed by atoms with Gasteiger partial charge >= 0.3 is 12.1 Å². The minimum absolute atomic E-state index is 0.00882. The predicted octanol–water partition coefficient (Wildman–Crippen LogP) is 3.53. The van der Waals surface area contributed by atoms with Gasteiger partial charge in [-0.15, -0.1) is 0 Å². The SMILES string of the molecule is CCOC(=O)c1c(C)[nH]c(C)c1C(=O)Cn1cc(C(F)(F)F)cc(Cl)c1=O. The fraction of sp³-hybridized carbons (Fsp3) is 0.353. The quantitative estimate of drug-likeness (QED) is 0.610. The first-order valence-electron chi connectivity index (χ1n) is 7.84. The Hall–Kier alpha value is -2.55. The van der Waals surface area contributed by atoms with Crippen LogP contribution in [0.3, 0.4) is 0 Å². The van der Waals surface area contributed by atoms with E-state index in [0.29, 0.717) is 28.2 Å². The molecule has 146 valence electrons. The third kappa shape index (κ3) is 4.24. The van der Waals surface area contributed by atoms with Gasteiger partial charge in [-0.3, -0.25) is 9.59 Å². The van der Waals surface area contributed by atoms with E-state index in [9.17, 15) is 27.6 Å². The first-order valence-corrected chi connectivity index (χ1v) is 8.21. The maximum Gasteiger partial charge on any atom is 0.417 e. The molecule has 2 aromatic heterocycles. The summed E-state index contributed by atoms with van der Waals surface area (Å²) in [5.41, 5.74) is -1.43. The number of nitrogens with zero attached hydrogens (tertiary/aromatic N) is 1. The zero-order chi connectivity index (χ0) is 20.5. The van der Waals surface area contributed by atoms with E-state index in [2.05, 4.69) is 4.98 Å². The number of aromatic amines is 1. The Morgan fingerprint density at radius 1 is 1.22 bits per heavy atom. The molecule has 0 unspecified atom stereocenters. The number of carbonyl (C=O) groups excluding carboxylic acids is 2. The van der Waals surface area contributed by atoms with E-state index in [1.807, 2.05) is 0 Å². The van der Waals surface area contributed by atoms with Crippen molar-refractivity contribution >= 4 is 23.4 Å². The normalized spacial score (nSPS) is 11.5. The zero-order valence-corrected chi connectivity index (χ0v) is 15.4. The predicted molar refractivity (Wildman–Crippen MR) is 91.3 cm³/mol. The minimum atomic E-state index is -4.74. The van der Waals surface area contributed by atoms with Gasteiger partial charge in [0.05, 0.1) is 29.8 Å². The molecule has 0 aliphatic rings. The van der Waals surface area contributed by atoms with Crippen molar-refractivity contribution in [2.75, 3.05) is 6.61 Å². The molecule has 2 aromatic rings. The summed E-state index contributed by atoms with van der Waals surface area (Å²) in [6.07, 6.45) is -4.22. The second kappa shape index (κ2) is 7.59. The Labute approximate surface area is 156 Å². The average molecular weight is 405 g/mol. The van der Waals surface area contributed by atoms with Gasteiger partial charge in [-0.2, -0.15) is 13.2 Å². The molecule has 0 saturated carbocycles. The summed E-state index contributed by atoms with van der Waals surface area (Å²) in [6, 6.07) is 0.501. The number of Topliss-reactive ketones (excluding diaryl/α,β-unsaturated/α-hetero) is 1. The summed E-state index contributed by atoms with van der Waals surface area (Å²) in [7, 11) is 0. The molecule has 0 atom stereocenters. The fourth-order valence-electron chi connectivity index (χ4n) is 2.69. The van der Waals surface area contributed by atoms with Crippen molar-refractivity contribution in [2.45, 2.75) is 33.5 Å². The number of pyridine rings is 1. The monoisotopic (exact) mass is 404 g/mol.